The second kappa shape index (κ2) is 3.75. The Morgan fingerprint density at radius 2 is 2.16 bits per heavy atom. The smallest absolute Gasteiger partial charge is 0.165 e. The predicted molar refractivity (Wildman–Crippen MR) is 75.5 cm³/mol. The Morgan fingerprint density at radius 3 is 3.05 bits per heavy atom. The summed E-state index contributed by atoms with van der Waals surface area (Å²) in [6.07, 6.45) is 0. The zero-order valence-electron chi connectivity index (χ0n) is 10.4. The van der Waals surface area contributed by atoms with Gasteiger partial charge in [0.15, 0.2) is 6.73 Å². The molecule has 3 heterocycles. The van der Waals surface area contributed by atoms with E-state index in [-0.39, 0.29) is 0 Å². The van der Waals surface area contributed by atoms with Gasteiger partial charge in [-0.1, -0.05) is 23.7 Å². The summed E-state index contributed by atoms with van der Waals surface area (Å²) < 4.78 is 7.89. The molecule has 1 aliphatic rings. The van der Waals surface area contributed by atoms with E-state index in [9.17, 15) is 0 Å². The van der Waals surface area contributed by atoms with Gasteiger partial charge in [-0.25, -0.2) is 4.98 Å². The minimum Gasteiger partial charge on any atom is -0.470 e. The molecule has 3 nitrogen and oxygen atoms in total. The van der Waals surface area contributed by atoms with E-state index in [1.54, 1.807) is 6.07 Å². The van der Waals surface area contributed by atoms with Gasteiger partial charge in [-0.05, 0) is 36.8 Å². The zero-order valence-corrected chi connectivity index (χ0v) is 11.1. The maximum Gasteiger partial charge on any atom is 0.165 e. The molecule has 0 unspecified atom stereocenters. The molecule has 0 fully saturated rings. The average Bonchev–Trinajstić information content (AvgIpc) is 2.79. The van der Waals surface area contributed by atoms with Gasteiger partial charge in [-0.3, -0.25) is 0 Å². The number of aryl methyl sites for hydroxylation is 1. The third kappa shape index (κ3) is 1.48. The maximum atomic E-state index is 6.00. The molecule has 2 aromatic heterocycles. The predicted octanol–water partition coefficient (Wildman–Crippen LogP) is 4.02. The summed E-state index contributed by atoms with van der Waals surface area (Å²) in [6, 6.07) is 12.1. The van der Waals surface area contributed by atoms with Crippen LogP contribution in [0.4, 0.5) is 0 Å². The summed E-state index contributed by atoms with van der Waals surface area (Å²) in [5.74, 6) is 0.789. The van der Waals surface area contributed by atoms with E-state index in [4.69, 9.17) is 16.3 Å². The van der Waals surface area contributed by atoms with Crippen molar-refractivity contribution < 1.29 is 4.74 Å². The number of halogens is 1. The SMILES string of the molecule is Cc1cccc2c1cc1n2COc2ccc(Cl)nc2-1. The Bertz CT molecular complexity index is 807. The summed E-state index contributed by atoms with van der Waals surface area (Å²) in [7, 11) is 0. The Morgan fingerprint density at radius 1 is 1.26 bits per heavy atom. The van der Waals surface area contributed by atoms with Crippen molar-refractivity contribution in [2.75, 3.05) is 0 Å². The first kappa shape index (κ1) is 10.9. The Balaban J connectivity index is 2.09. The number of rotatable bonds is 0. The van der Waals surface area contributed by atoms with Crippen LogP contribution in [-0.4, -0.2) is 9.55 Å². The number of nitrogens with zero attached hydrogens (tertiary/aromatic N) is 2. The first-order valence-electron chi connectivity index (χ1n) is 6.12. The molecular formula is C15H11ClN2O. The molecule has 0 radical (unpaired) electrons. The van der Waals surface area contributed by atoms with E-state index in [1.807, 2.05) is 6.07 Å². The van der Waals surface area contributed by atoms with Gasteiger partial charge in [0, 0.05) is 5.39 Å². The van der Waals surface area contributed by atoms with Gasteiger partial charge in [0.2, 0.25) is 0 Å². The lowest BCUT2D eigenvalue weighted by atomic mass is 10.1. The van der Waals surface area contributed by atoms with Crippen LogP contribution in [-0.2, 0) is 6.73 Å². The molecule has 0 aliphatic carbocycles. The number of pyridine rings is 1. The van der Waals surface area contributed by atoms with E-state index in [1.165, 1.54) is 16.5 Å². The highest BCUT2D eigenvalue weighted by molar-refractivity contribution is 6.29. The number of aromatic nitrogens is 2. The quantitative estimate of drug-likeness (QED) is 0.577. The number of benzene rings is 1. The van der Waals surface area contributed by atoms with Gasteiger partial charge in [0.05, 0.1) is 11.2 Å². The molecular weight excluding hydrogens is 260 g/mol. The van der Waals surface area contributed by atoms with Crippen molar-refractivity contribution in [3.8, 4) is 17.1 Å². The van der Waals surface area contributed by atoms with Gasteiger partial charge in [-0.2, -0.15) is 0 Å². The van der Waals surface area contributed by atoms with Crippen molar-refractivity contribution in [3.63, 3.8) is 0 Å². The monoisotopic (exact) mass is 270 g/mol. The number of hydrogen-bond acceptors (Lipinski definition) is 2. The topological polar surface area (TPSA) is 27.1 Å². The van der Waals surface area contributed by atoms with Crippen LogP contribution >= 0.6 is 11.6 Å². The number of ether oxygens (including phenoxy) is 1. The van der Waals surface area contributed by atoms with Crippen molar-refractivity contribution in [1.29, 1.82) is 0 Å². The number of fused-ring (bicyclic) bond motifs is 5. The Hall–Kier alpha value is -2.00. The van der Waals surface area contributed by atoms with Crippen LogP contribution in [0.25, 0.3) is 22.3 Å². The fourth-order valence-electron chi connectivity index (χ4n) is 2.62. The molecule has 0 saturated heterocycles. The van der Waals surface area contributed by atoms with Crippen molar-refractivity contribution in [1.82, 2.24) is 9.55 Å². The Kier molecular flexibility index (Phi) is 2.15. The van der Waals surface area contributed by atoms with Crippen molar-refractivity contribution >= 4 is 22.5 Å². The summed E-state index contributed by atoms with van der Waals surface area (Å²) in [4.78, 5) is 4.40. The molecule has 0 bridgehead atoms. The van der Waals surface area contributed by atoms with Gasteiger partial charge in [0.25, 0.3) is 0 Å². The van der Waals surface area contributed by atoms with Crippen molar-refractivity contribution in [2.24, 2.45) is 0 Å². The van der Waals surface area contributed by atoms with Gasteiger partial charge >= 0.3 is 0 Å². The normalized spacial score (nSPS) is 12.9. The first-order valence-corrected chi connectivity index (χ1v) is 6.50. The van der Waals surface area contributed by atoms with Crippen LogP contribution in [0, 0.1) is 6.92 Å². The molecule has 4 heteroatoms. The van der Waals surface area contributed by atoms with E-state index in [2.05, 4.69) is 40.7 Å². The minimum atomic E-state index is 0.484. The fourth-order valence-corrected chi connectivity index (χ4v) is 2.77. The summed E-state index contributed by atoms with van der Waals surface area (Å²) >= 11 is 6.00. The van der Waals surface area contributed by atoms with Crippen LogP contribution in [0.15, 0.2) is 36.4 Å². The molecule has 0 saturated carbocycles. The maximum absolute atomic E-state index is 6.00. The largest absolute Gasteiger partial charge is 0.470 e. The molecule has 0 atom stereocenters. The molecule has 0 N–H and O–H groups in total. The van der Waals surface area contributed by atoms with Gasteiger partial charge in [-0.15, -0.1) is 0 Å². The molecule has 0 spiro atoms. The molecule has 19 heavy (non-hydrogen) atoms. The molecule has 3 aromatic rings. The van der Waals surface area contributed by atoms with Crippen LogP contribution < -0.4 is 4.74 Å². The first-order chi connectivity index (χ1) is 9.24. The lowest BCUT2D eigenvalue weighted by Gasteiger charge is -2.20. The molecule has 1 aliphatic heterocycles. The molecule has 0 amide bonds. The second-order valence-corrected chi connectivity index (χ2v) is 5.11. The molecule has 4 rings (SSSR count). The van der Waals surface area contributed by atoms with E-state index in [0.717, 1.165) is 17.1 Å². The zero-order chi connectivity index (χ0) is 13.0. The van der Waals surface area contributed by atoms with Crippen LogP contribution in [0.1, 0.15) is 5.56 Å². The van der Waals surface area contributed by atoms with E-state index >= 15 is 0 Å². The van der Waals surface area contributed by atoms with E-state index in [0.29, 0.717) is 11.9 Å². The summed E-state index contributed by atoms with van der Waals surface area (Å²) in [5, 5.41) is 1.72. The third-order valence-corrected chi connectivity index (χ3v) is 3.79. The van der Waals surface area contributed by atoms with Crippen LogP contribution in [0.5, 0.6) is 5.75 Å². The minimum absolute atomic E-state index is 0.484. The average molecular weight is 271 g/mol. The second-order valence-electron chi connectivity index (χ2n) is 4.72. The van der Waals surface area contributed by atoms with Gasteiger partial charge < -0.3 is 9.30 Å². The highest BCUT2D eigenvalue weighted by Gasteiger charge is 2.21. The lowest BCUT2D eigenvalue weighted by molar-refractivity contribution is 0.234. The Labute approximate surface area is 115 Å². The highest BCUT2D eigenvalue weighted by atomic mass is 35.5. The van der Waals surface area contributed by atoms with Crippen molar-refractivity contribution in [2.45, 2.75) is 13.7 Å². The van der Waals surface area contributed by atoms with E-state index < -0.39 is 0 Å². The van der Waals surface area contributed by atoms with Crippen molar-refractivity contribution in [3.05, 3.63) is 47.1 Å². The highest BCUT2D eigenvalue weighted by Crippen LogP contribution is 2.38. The molecule has 94 valence electrons. The fraction of sp³-hybridized carbons (Fsp3) is 0.133. The lowest BCUT2D eigenvalue weighted by Crippen LogP contribution is -2.13. The molecule has 1 aromatic carbocycles. The standard InChI is InChI=1S/C15H11ClN2O/c1-9-3-2-4-11-10(9)7-12-15-13(19-8-18(11)12)5-6-14(16)17-15/h2-7H,8H2,1H3. The van der Waals surface area contributed by atoms with Gasteiger partial charge in [0.1, 0.15) is 16.6 Å². The number of hydrogen-bond donors (Lipinski definition) is 0. The third-order valence-electron chi connectivity index (χ3n) is 3.58. The van der Waals surface area contributed by atoms with Crippen LogP contribution in [0.2, 0.25) is 5.15 Å². The van der Waals surface area contributed by atoms with Crippen LogP contribution in [0.3, 0.4) is 0 Å². The summed E-state index contributed by atoms with van der Waals surface area (Å²) in [6.45, 7) is 2.63. The summed E-state index contributed by atoms with van der Waals surface area (Å²) in [5.41, 5.74) is 4.30.